The van der Waals surface area contributed by atoms with Crippen LogP contribution in [0.4, 0.5) is 11.5 Å². The van der Waals surface area contributed by atoms with Gasteiger partial charge in [-0.3, -0.25) is 14.4 Å². The van der Waals surface area contributed by atoms with Gasteiger partial charge in [-0.15, -0.1) is 0 Å². The van der Waals surface area contributed by atoms with Gasteiger partial charge >= 0.3 is 5.97 Å². The van der Waals surface area contributed by atoms with E-state index in [2.05, 4.69) is 15.6 Å². The minimum Gasteiger partial charge on any atom is -0.478 e. The SMILES string of the molecule is O=C(Nc1ccc(Cl)cn1)c1oc2cccc(C(=O)O)c2c1NC(=O)C1CCC(N2CCCC2=O)CC1. The van der Waals surface area contributed by atoms with Crippen molar-refractivity contribution in [3.63, 3.8) is 0 Å². The molecule has 2 aromatic heterocycles. The molecule has 0 bridgehead atoms. The van der Waals surface area contributed by atoms with Crippen molar-refractivity contribution >= 4 is 57.8 Å². The van der Waals surface area contributed by atoms with E-state index in [1.165, 1.54) is 30.5 Å². The quantitative estimate of drug-likeness (QED) is 0.429. The second kappa shape index (κ2) is 10.2. The zero-order chi connectivity index (χ0) is 26.1. The zero-order valence-electron chi connectivity index (χ0n) is 19.8. The predicted molar refractivity (Wildman–Crippen MR) is 136 cm³/mol. The van der Waals surface area contributed by atoms with Crippen LogP contribution in [-0.2, 0) is 9.59 Å². The molecule has 192 valence electrons. The molecule has 1 saturated carbocycles. The van der Waals surface area contributed by atoms with Gasteiger partial charge in [0, 0.05) is 31.1 Å². The normalized spacial score (nSPS) is 19.7. The third-order valence-corrected chi connectivity index (χ3v) is 7.21. The van der Waals surface area contributed by atoms with Crippen molar-refractivity contribution in [2.75, 3.05) is 17.2 Å². The highest BCUT2D eigenvalue weighted by molar-refractivity contribution is 6.30. The van der Waals surface area contributed by atoms with Crippen molar-refractivity contribution in [2.24, 2.45) is 5.92 Å². The van der Waals surface area contributed by atoms with E-state index >= 15 is 0 Å². The fourth-order valence-corrected chi connectivity index (χ4v) is 5.27. The molecule has 37 heavy (non-hydrogen) atoms. The number of benzene rings is 1. The molecule has 1 aromatic carbocycles. The van der Waals surface area contributed by atoms with Crippen LogP contribution in [0.15, 0.2) is 40.9 Å². The van der Waals surface area contributed by atoms with Gasteiger partial charge in [-0.1, -0.05) is 17.7 Å². The molecule has 2 aliphatic rings. The van der Waals surface area contributed by atoms with Crippen molar-refractivity contribution in [3.05, 3.63) is 52.9 Å². The highest BCUT2D eigenvalue weighted by Crippen LogP contribution is 2.36. The molecule has 11 heteroatoms. The highest BCUT2D eigenvalue weighted by Gasteiger charge is 2.34. The summed E-state index contributed by atoms with van der Waals surface area (Å²) in [5.41, 5.74) is 0.0541. The van der Waals surface area contributed by atoms with Crippen LogP contribution in [0.1, 0.15) is 59.4 Å². The lowest BCUT2D eigenvalue weighted by Gasteiger charge is -2.34. The molecule has 0 radical (unpaired) electrons. The topological polar surface area (TPSA) is 142 Å². The van der Waals surface area contributed by atoms with E-state index in [1.807, 2.05) is 4.90 Å². The van der Waals surface area contributed by atoms with E-state index in [-0.39, 0.29) is 57.6 Å². The molecule has 3 N–H and O–H groups in total. The number of carbonyl (C=O) groups is 4. The fraction of sp³-hybridized carbons (Fsp3) is 0.346. The lowest BCUT2D eigenvalue weighted by atomic mass is 9.84. The largest absolute Gasteiger partial charge is 0.478 e. The van der Waals surface area contributed by atoms with Crippen molar-refractivity contribution < 1.29 is 28.7 Å². The maximum atomic E-state index is 13.3. The number of furan rings is 1. The first kappa shape index (κ1) is 24.8. The number of aromatic nitrogens is 1. The number of amides is 3. The van der Waals surface area contributed by atoms with Gasteiger partial charge in [-0.05, 0) is 56.4 Å². The lowest BCUT2D eigenvalue weighted by molar-refractivity contribution is -0.130. The van der Waals surface area contributed by atoms with Gasteiger partial charge in [0.1, 0.15) is 17.1 Å². The average Bonchev–Trinajstić information content (AvgIpc) is 3.49. The van der Waals surface area contributed by atoms with E-state index in [0.29, 0.717) is 37.1 Å². The van der Waals surface area contributed by atoms with Crippen molar-refractivity contribution in [1.29, 1.82) is 0 Å². The number of aromatic carboxylic acids is 1. The van der Waals surface area contributed by atoms with Crippen molar-refractivity contribution in [2.45, 2.75) is 44.6 Å². The molecule has 0 atom stereocenters. The van der Waals surface area contributed by atoms with Crippen LogP contribution in [-0.4, -0.2) is 51.3 Å². The monoisotopic (exact) mass is 524 g/mol. The maximum Gasteiger partial charge on any atom is 0.336 e. The third-order valence-electron chi connectivity index (χ3n) is 6.99. The first-order valence-corrected chi connectivity index (χ1v) is 12.5. The summed E-state index contributed by atoms with van der Waals surface area (Å²) in [6.45, 7) is 0.764. The predicted octanol–water partition coefficient (Wildman–Crippen LogP) is 4.55. The second-order valence-corrected chi connectivity index (χ2v) is 9.73. The Morgan fingerprint density at radius 3 is 2.51 bits per heavy atom. The number of anilines is 2. The molecule has 1 aliphatic carbocycles. The summed E-state index contributed by atoms with van der Waals surface area (Å²) in [7, 11) is 0. The summed E-state index contributed by atoms with van der Waals surface area (Å²) < 4.78 is 5.74. The van der Waals surface area contributed by atoms with Crippen LogP contribution in [0.5, 0.6) is 0 Å². The number of nitrogens with zero attached hydrogens (tertiary/aromatic N) is 2. The number of halogens is 1. The van der Waals surface area contributed by atoms with Gasteiger partial charge in [0.25, 0.3) is 5.91 Å². The number of hydrogen-bond donors (Lipinski definition) is 3. The Morgan fingerprint density at radius 1 is 1.08 bits per heavy atom. The number of carbonyl (C=O) groups excluding carboxylic acids is 3. The van der Waals surface area contributed by atoms with Gasteiger partial charge < -0.3 is 25.1 Å². The molecular weight excluding hydrogens is 500 g/mol. The number of likely N-dealkylation sites (tertiary alicyclic amines) is 1. The maximum absolute atomic E-state index is 13.3. The molecule has 2 fully saturated rings. The molecule has 5 rings (SSSR count). The Balaban J connectivity index is 1.40. The average molecular weight is 525 g/mol. The molecule has 3 heterocycles. The highest BCUT2D eigenvalue weighted by atomic mass is 35.5. The van der Waals surface area contributed by atoms with Gasteiger partial charge in [-0.2, -0.15) is 0 Å². The number of pyridine rings is 1. The fourth-order valence-electron chi connectivity index (χ4n) is 5.16. The summed E-state index contributed by atoms with van der Waals surface area (Å²) in [4.78, 5) is 56.4. The summed E-state index contributed by atoms with van der Waals surface area (Å²) >= 11 is 5.86. The summed E-state index contributed by atoms with van der Waals surface area (Å²) in [5.74, 6) is -2.44. The van der Waals surface area contributed by atoms with Gasteiger partial charge in [0.15, 0.2) is 0 Å². The van der Waals surface area contributed by atoms with Crippen LogP contribution in [0.3, 0.4) is 0 Å². The van der Waals surface area contributed by atoms with Crippen molar-refractivity contribution in [1.82, 2.24) is 9.88 Å². The van der Waals surface area contributed by atoms with E-state index < -0.39 is 11.9 Å². The van der Waals surface area contributed by atoms with Gasteiger partial charge in [0.2, 0.25) is 17.6 Å². The van der Waals surface area contributed by atoms with E-state index in [0.717, 1.165) is 13.0 Å². The molecule has 1 saturated heterocycles. The molecule has 1 aliphatic heterocycles. The van der Waals surface area contributed by atoms with Gasteiger partial charge in [-0.25, -0.2) is 9.78 Å². The minimum absolute atomic E-state index is 0.00121. The molecule has 10 nitrogen and oxygen atoms in total. The Hall–Kier alpha value is -3.92. The molecule has 0 unspecified atom stereocenters. The number of fused-ring (bicyclic) bond motifs is 1. The lowest BCUT2D eigenvalue weighted by Crippen LogP contribution is -2.40. The molecular formula is C26H25ClN4O6. The van der Waals surface area contributed by atoms with Crippen LogP contribution in [0.2, 0.25) is 5.02 Å². The Kier molecular flexibility index (Phi) is 6.84. The summed E-state index contributed by atoms with van der Waals surface area (Å²) in [5, 5.41) is 15.6. The number of nitrogens with one attached hydrogen (secondary N) is 2. The van der Waals surface area contributed by atoms with Crippen LogP contribution < -0.4 is 10.6 Å². The Bertz CT molecular complexity index is 1380. The Labute approximate surface area is 217 Å². The third kappa shape index (κ3) is 5.01. The first-order valence-electron chi connectivity index (χ1n) is 12.1. The van der Waals surface area contributed by atoms with Crippen LogP contribution in [0.25, 0.3) is 11.0 Å². The number of rotatable bonds is 6. The van der Waals surface area contributed by atoms with E-state index in [9.17, 15) is 24.3 Å². The zero-order valence-corrected chi connectivity index (χ0v) is 20.6. The number of carboxylic acids is 1. The number of hydrogen-bond acceptors (Lipinski definition) is 6. The second-order valence-electron chi connectivity index (χ2n) is 9.29. The number of carboxylic acid groups (broad SMARTS) is 1. The molecule has 3 aromatic rings. The first-order chi connectivity index (χ1) is 17.8. The molecule has 0 spiro atoms. The summed E-state index contributed by atoms with van der Waals surface area (Å²) in [6, 6.07) is 7.63. The Morgan fingerprint density at radius 2 is 1.86 bits per heavy atom. The minimum atomic E-state index is -1.22. The van der Waals surface area contributed by atoms with Crippen LogP contribution >= 0.6 is 11.6 Å². The van der Waals surface area contributed by atoms with Gasteiger partial charge in [0.05, 0.1) is 16.0 Å². The standard InChI is InChI=1S/C26H25ClN4O6/c27-15-8-11-19(28-13-15)29-25(34)23-22(21-17(26(35)36)3-1-4-18(21)37-23)30-24(33)14-6-9-16(10-7-14)31-12-2-5-20(31)32/h1,3-4,8,11,13-14,16H,2,5-7,9-10,12H2,(H,30,33)(H,35,36)(H,28,29,34). The van der Waals surface area contributed by atoms with Crippen LogP contribution in [0, 0.1) is 5.92 Å². The molecule has 3 amide bonds. The van der Waals surface area contributed by atoms with E-state index in [4.69, 9.17) is 16.0 Å². The van der Waals surface area contributed by atoms with E-state index in [1.54, 1.807) is 6.07 Å². The smallest absolute Gasteiger partial charge is 0.336 e. The van der Waals surface area contributed by atoms with Crippen molar-refractivity contribution in [3.8, 4) is 0 Å². The summed E-state index contributed by atoms with van der Waals surface area (Å²) in [6.07, 6.45) is 5.41.